The number of benzene rings is 14. The molecule has 440 valence electrons. The molecular formula is C86H72Cl2SiZr-2. The Bertz CT molecular complexity index is 4930. The summed E-state index contributed by atoms with van der Waals surface area (Å²) in [5.74, 6) is 0. The molecule has 0 aromatic heterocycles. The molecule has 0 radical (unpaired) electrons. The fourth-order valence-corrected chi connectivity index (χ4v) is 14.7. The van der Waals surface area contributed by atoms with Crippen LogP contribution < -0.4 is 24.8 Å². The van der Waals surface area contributed by atoms with E-state index >= 15 is 0 Å². The summed E-state index contributed by atoms with van der Waals surface area (Å²) >= 11 is 1.74. The third-order valence-electron chi connectivity index (χ3n) is 18.4. The van der Waals surface area contributed by atoms with Crippen molar-refractivity contribution in [3.8, 4) is 44.5 Å². The normalized spacial score (nSPS) is 11.8. The molecular weight excluding hydrogens is 1220 g/mol. The molecule has 0 aliphatic carbocycles. The third kappa shape index (κ3) is 10.9. The molecule has 0 aliphatic heterocycles. The summed E-state index contributed by atoms with van der Waals surface area (Å²) in [6, 6.07) is 94.8. The van der Waals surface area contributed by atoms with Crippen molar-refractivity contribution in [3.05, 3.63) is 277 Å². The van der Waals surface area contributed by atoms with Crippen molar-refractivity contribution in [1.82, 2.24) is 0 Å². The zero-order valence-corrected chi connectivity index (χ0v) is 58.0. The van der Waals surface area contributed by atoms with Crippen molar-refractivity contribution in [2.24, 2.45) is 0 Å². The standard InChI is InChI=1S/2C42H33.C2H6Si.2ClH.Zr/c2*1-26-38(42(2,3)4)25-37-35(40-31-17-9-5-13-27(31)23-28-14-6-10-18-32(28)40)21-22-36(39(26)37)41-33-19-11-7-15-29(33)24-30-16-8-12-20-34(30)41;1-3-2;;;/h2*5-25H,1-4H3;1-2H3;2*1H;/q2*-1;;;;+2/p-2. The van der Waals surface area contributed by atoms with E-state index in [1.807, 2.05) is 0 Å². The molecule has 0 bridgehead atoms. The minimum atomic E-state index is 0. The Hall–Kier alpha value is -7.94. The number of hydrogen-bond acceptors (Lipinski definition) is 0. The molecule has 16 aromatic rings. The van der Waals surface area contributed by atoms with Gasteiger partial charge in [0, 0.05) is 0 Å². The zero-order chi connectivity index (χ0) is 60.8. The van der Waals surface area contributed by atoms with Gasteiger partial charge in [-0.2, -0.15) is 11.1 Å². The molecule has 0 saturated heterocycles. The first-order valence-corrected chi connectivity index (χ1v) is 37.3. The van der Waals surface area contributed by atoms with Crippen LogP contribution >= 0.6 is 0 Å². The molecule has 0 amide bonds. The van der Waals surface area contributed by atoms with Gasteiger partial charge in [0.15, 0.2) is 0 Å². The Kier molecular flexibility index (Phi) is 17.1. The number of halogens is 2. The first kappa shape index (κ1) is 62.3. The van der Waals surface area contributed by atoms with Crippen molar-refractivity contribution in [2.75, 3.05) is 0 Å². The maximum Gasteiger partial charge on any atom is -0.0107 e. The second kappa shape index (κ2) is 24.7. The summed E-state index contributed by atoms with van der Waals surface area (Å²) in [5.41, 5.74) is 16.4. The molecule has 16 rings (SSSR count). The zero-order valence-electron chi connectivity index (χ0n) is 53.0. The van der Waals surface area contributed by atoms with Crippen LogP contribution in [0.3, 0.4) is 0 Å². The predicted molar refractivity (Wildman–Crippen MR) is 385 cm³/mol. The van der Waals surface area contributed by atoms with Gasteiger partial charge in [-0.25, -0.2) is 0 Å². The molecule has 90 heavy (non-hydrogen) atoms. The Morgan fingerprint density at radius 2 is 0.467 bits per heavy atom. The van der Waals surface area contributed by atoms with Crippen molar-refractivity contribution in [2.45, 2.75) is 79.3 Å². The Morgan fingerprint density at radius 3 is 0.667 bits per heavy atom. The SMILES string of the molecule is C[Si](C)=[Zr+2].Cc1c(C(C)(C)C)[cH-]c2c(-c3c4ccccc4cc4ccccc34)ccc(-c3c4ccccc4cc4ccccc34)c12.Cc1c(C(C)(C)C)[cH-]c2c(-c3c4ccccc4cc4ccccc34)ccc(-c3c4ccccc4cc4ccccc34)c12.[Cl-].[Cl-]. The summed E-state index contributed by atoms with van der Waals surface area (Å²) in [5, 5.41) is 26.1. The van der Waals surface area contributed by atoms with E-state index in [1.165, 1.54) is 174 Å². The first-order valence-electron chi connectivity index (χ1n) is 31.2. The second-order valence-electron chi connectivity index (χ2n) is 26.5. The van der Waals surface area contributed by atoms with Crippen LogP contribution in [0, 0.1) is 13.8 Å². The molecule has 16 aromatic carbocycles. The van der Waals surface area contributed by atoms with Gasteiger partial charge in [-0.3, -0.25) is 0 Å². The van der Waals surface area contributed by atoms with E-state index < -0.39 is 0 Å². The monoisotopic (exact) mass is 1290 g/mol. The maximum absolute atomic E-state index is 2.49. The average Bonchev–Trinajstić information content (AvgIpc) is 1.40. The fourth-order valence-electron chi connectivity index (χ4n) is 14.7. The van der Waals surface area contributed by atoms with Gasteiger partial charge in [-0.05, 0) is 144 Å². The molecule has 0 atom stereocenters. The molecule has 0 nitrogen and oxygen atoms in total. The topological polar surface area (TPSA) is 0 Å². The van der Waals surface area contributed by atoms with Crippen LogP contribution in [-0.2, 0) is 34.2 Å². The summed E-state index contributed by atoms with van der Waals surface area (Å²) < 4.78 is 0. The van der Waals surface area contributed by atoms with Crippen LogP contribution in [-0.4, -0.2) is 5.43 Å². The van der Waals surface area contributed by atoms with Gasteiger partial charge in [-0.15, -0.1) is 44.8 Å². The van der Waals surface area contributed by atoms with E-state index in [4.69, 9.17) is 0 Å². The Labute approximate surface area is 557 Å². The van der Waals surface area contributed by atoms with Gasteiger partial charge in [0.1, 0.15) is 0 Å². The van der Waals surface area contributed by atoms with E-state index in [9.17, 15) is 0 Å². The van der Waals surface area contributed by atoms with E-state index in [2.05, 4.69) is 323 Å². The summed E-state index contributed by atoms with van der Waals surface area (Å²) in [4.78, 5) is 0. The van der Waals surface area contributed by atoms with E-state index in [0.29, 0.717) is 0 Å². The van der Waals surface area contributed by atoms with Crippen LogP contribution in [0.2, 0.25) is 13.1 Å². The number of aryl methyl sites for hydroxylation is 2. The van der Waals surface area contributed by atoms with Gasteiger partial charge < -0.3 is 24.8 Å². The van der Waals surface area contributed by atoms with Crippen LogP contribution in [0.4, 0.5) is 0 Å². The van der Waals surface area contributed by atoms with Gasteiger partial charge in [-0.1, -0.05) is 296 Å². The Balaban J connectivity index is 0.000000161. The fraction of sp³-hybridized carbons (Fsp3) is 0.140. The molecule has 0 N–H and O–H groups in total. The average molecular weight is 1300 g/mol. The van der Waals surface area contributed by atoms with Gasteiger partial charge in [0.2, 0.25) is 0 Å². The quantitative estimate of drug-likeness (QED) is 0.0936. The van der Waals surface area contributed by atoms with Gasteiger partial charge in [0.05, 0.1) is 0 Å². The van der Waals surface area contributed by atoms with Crippen LogP contribution in [0.5, 0.6) is 0 Å². The number of hydrogen-bond donors (Lipinski definition) is 0. The van der Waals surface area contributed by atoms with Crippen LogP contribution in [0.25, 0.3) is 152 Å². The number of fused-ring (bicyclic) bond motifs is 10. The van der Waals surface area contributed by atoms with Crippen LogP contribution in [0.1, 0.15) is 63.8 Å². The van der Waals surface area contributed by atoms with Gasteiger partial charge in [0.25, 0.3) is 0 Å². The summed E-state index contributed by atoms with van der Waals surface area (Å²) in [6.45, 7) is 23.3. The first-order chi connectivity index (χ1) is 42.5. The van der Waals surface area contributed by atoms with E-state index in [-0.39, 0.29) is 41.1 Å². The largest absolute Gasteiger partial charge is 1.00 e. The van der Waals surface area contributed by atoms with Crippen molar-refractivity contribution in [1.29, 1.82) is 0 Å². The van der Waals surface area contributed by atoms with E-state index in [0.717, 1.165) is 0 Å². The number of rotatable bonds is 4. The molecule has 4 heteroatoms. The third-order valence-corrected chi connectivity index (χ3v) is 18.4. The van der Waals surface area contributed by atoms with Crippen molar-refractivity contribution >= 4 is 113 Å². The minimum Gasteiger partial charge on any atom is -1.00 e. The molecule has 0 aliphatic rings. The van der Waals surface area contributed by atoms with Crippen molar-refractivity contribution < 1.29 is 48.1 Å². The summed E-state index contributed by atoms with van der Waals surface area (Å²) in [7, 11) is 0. The maximum atomic E-state index is 2.49. The van der Waals surface area contributed by atoms with Gasteiger partial charge >= 0.3 is 41.9 Å². The molecule has 0 heterocycles. The van der Waals surface area contributed by atoms with E-state index in [1.54, 1.807) is 23.3 Å². The van der Waals surface area contributed by atoms with Crippen LogP contribution in [0.15, 0.2) is 255 Å². The molecule has 0 spiro atoms. The van der Waals surface area contributed by atoms with Crippen molar-refractivity contribution in [3.63, 3.8) is 0 Å². The smallest absolute Gasteiger partial charge is 0.0107 e. The Morgan fingerprint density at radius 1 is 0.289 bits per heavy atom. The minimum absolute atomic E-state index is 0. The summed E-state index contributed by atoms with van der Waals surface area (Å²) in [6.07, 6.45) is 0. The molecule has 0 fully saturated rings. The predicted octanol–water partition coefficient (Wildman–Crippen LogP) is 19.0. The molecule has 0 saturated carbocycles. The molecule has 0 unspecified atom stereocenters. The second-order valence-corrected chi connectivity index (χ2v) is 35.9.